The number of benzene rings is 2. The van der Waals surface area contributed by atoms with Gasteiger partial charge in [0.2, 0.25) is 11.8 Å². The second kappa shape index (κ2) is 13.2. The van der Waals surface area contributed by atoms with Gasteiger partial charge in [-0.1, -0.05) is 36.2 Å². The first-order chi connectivity index (χ1) is 15.4. The van der Waals surface area contributed by atoms with Gasteiger partial charge in [0, 0.05) is 29.6 Å². The third-order valence-electron chi connectivity index (χ3n) is 4.96. The van der Waals surface area contributed by atoms with Crippen LogP contribution in [0.15, 0.2) is 42.5 Å². The summed E-state index contributed by atoms with van der Waals surface area (Å²) < 4.78 is 10.8. The van der Waals surface area contributed by atoms with Crippen molar-refractivity contribution in [2.75, 3.05) is 20.3 Å². The lowest BCUT2D eigenvalue weighted by Crippen LogP contribution is -2.49. The molecule has 0 aliphatic carbocycles. The molecule has 6 nitrogen and oxygen atoms in total. The largest absolute Gasteiger partial charge is 0.497 e. The van der Waals surface area contributed by atoms with Gasteiger partial charge in [-0.05, 0) is 61.7 Å². The van der Waals surface area contributed by atoms with Crippen molar-refractivity contribution in [1.29, 1.82) is 0 Å². The SMILES string of the molecule is CCNC(=O)C(CC)N(Cc1ccc(Cl)cc1Cl)C(=O)CCCOc1ccc(OC)cc1. The molecule has 2 aromatic rings. The highest BCUT2D eigenvalue weighted by Gasteiger charge is 2.28. The second-order valence-electron chi connectivity index (χ2n) is 7.20. The number of hydrogen-bond donors (Lipinski definition) is 1. The Morgan fingerprint density at radius 1 is 1.06 bits per heavy atom. The molecular weight excluding hydrogens is 451 g/mol. The highest BCUT2D eigenvalue weighted by atomic mass is 35.5. The molecule has 0 saturated heterocycles. The number of amides is 2. The zero-order valence-electron chi connectivity index (χ0n) is 18.7. The molecule has 174 valence electrons. The van der Waals surface area contributed by atoms with E-state index >= 15 is 0 Å². The first-order valence-electron chi connectivity index (χ1n) is 10.7. The summed E-state index contributed by atoms with van der Waals surface area (Å²) in [7, 11) is 1.61. The summed E-state index contributed by atoms with van der Waals surface area (Å²) in [4.78, 5) is 27.3. The number of hydrogen-bond acceptors (Lipinski definition) is 4. The molecule has 0 bridgehead atoms. The first kappa shape index (κ1) is 25.8. The summed E-state index contributed by atoms with van der Waals surface area (Å²) in [6.45, 7) is 4.84. The Morgan fingerprint density at radius 3 is 2.34 bits per heavy atom. The maximum absolute atomic E-state index is 13.1. The normalized spacial score (nSPS) is 11.5. The molecule has 0 aliphatic rings. The summed E-state index contributed by atoms with van der Waals surface area (Å²) in [6, 6.07) is 11.8. The Morgan fingerprint density at radius 2 is 1.75 bits per heavy atom. The quantitative estimate of drug-likeness (QED) is 0.428. The van der Waals surface area contributed by atoms with Crippen LogP contribution in [0.2, 0.25) is 10.0 Å². The van der Waals surface area contributed by atoms with E-state index < -0.39 is 6.04 Å². The van der Waals surface area contributed by atoms with Gasteiger partial charge in [-0.25, -0.2) is 0 Å². The minimum Gasteiger partial charge on any atom is -0.497 e. The monoisotopic (exact) mass is 480 g/mol. The van der Waals surface area contributed by atoms with E-state index in [2.05, 4.69) is 5.32 Å². The molecule has 0 radical (unpaired) electrons. The van der Waals surface area contributed by atoms with Crippen molar-refractivity contribution in [3.8, 4) is 11.5 Å². The minimum atomic E-state index is -0.586. The molecule has 2 amide bonds. The zero-order valence-corrected chi connectivity index (χ0v) is 20.2. The van der Waals surface area contributed by atoms with E-state index in [1.807, 2.05) is 38.1 Å². The van der Waals surface area contributed by atoms with Crippen molar-refractivity contribution in [1.82, 2.24) is 10.2 Å². The average molecular weight is 481 g/mol. The standard InChI is InChI=1S/C24H30Cl2N2O4/c1-4-22(24(30)27-5-2)28(16-17-8-9-18(25)15-21(17)26)23(29)7-6-14-32-20-12-10-19(31-3)11-13-20/h8-13,15,22H,4-7,14,16H2,1-3H3,(H,27,30). The van der Waals surface area contributed by atoms with Gasteiger partial charge in [0.05, 0.1) is 13.7 Å². The number of nitrogens with one attached hydrogen (secondary N) is 1. The van der Waals surface area contributed by atoms with Crippen LogP contribution in [0, 0.1) is 0 Å². The van der Waals surface area contributed by atoms with E-state index in [0.29, 0.717) is 41.8 Å². The number of carbonyl (C=O) groups excluding carboxylic acids is 2. The summed E-state index contributed by atoms with van der Waals surface area (Å²) in [5.74, 6) is 1.15. The van der Waals surface area contributed by atoms with E-state index in [4.69, 9.17) is 32.7 Å². The molecule has 0 aromatic heterocycles. The Hall–Kier alpha value is -2.44. The zero-order chi connectivity index (χ0) is 23.5. The second-order valence-corrected chi connectivity index (χ2v) is 8.05. The van der Waals surface area contributed by atoms with Crippen LogP contribution in [0.5, 0.6) is 11.5 Å². The lowest BCUT2D eigenvalue weighted by molar-refractivity contribution is -0.141. The topological polar surface area (TPSA) is 67.9 Å². The Labute approximate surface area is 199 Å². The van der Waals surface area contributed by atoms with Crippen molar-refractivity contribution in [2.24, 2.45) is 0 Å². The van der Waals surface area contributed by atoms with Gasteiger partial charge in [0.1, 0.15) is 17.5 Å². The molecule has 1 atom stereocenters. The van der Waals surface area contributed by atoms with Crippen LogP contribution in [-0.4, -0.2) is 43.0 Å². The number of rotatable bonds is 12. The predicted octanol–water partition coefficient (Wildman–Crippen LogP) is 5.10. The van der Waals surface area contributed by atoms with Gasteiger partial charge in [-0.15, -0.1) is 0 Å². The molecule has 1 N–H and O–H groups in total. The minimum absolute atomic E-state index is 0.132. The summed E-state index contributed by atoms with van der Waals surface area (Å²) in [5.41, 5.74) is 0.738. The van der Waals surface area contributed by atoms with Gasteiger partial charge in [-0.3, -0.25) is 9.59 Å². The summed E-state index contributed by atoms with van der Waals surface area (Å²) in [5, 5.41) is 3.80. The molecular formula is C24H30Cl2N2O4. The lowest BCUT2D eigenvalue weighted by Gasteiger charge is -2.31. The highest BCUT2D eigenvalue weighted by Crippen LogP contribution is 2.24. The molecule has 8 heteroatoms. The fourth-order valence-electron chi connectivity index (χ4n) is 3.27. The molecule has 0 heterocycles. The summed E-state index contributed by atoms with van der Waals surface area (Å²) >= 11 is 12.3. The first-order valence-corrected chi connectivity index (χ1v) is 11.4. The van der Waals surface area contributed by atoms with Crippen LogP contribution in [0.3, 0.4) is 0 Å². The van der Waals surface area contributed by atoms with Crippen molar-refractivity contribution < 1.29 is 19.1 Å². The molecule has 2 aromatic carbocycles. The number of ether oxygens (including phenoxy) is 2. The van der Waals surface area contributed by atoms with Crippen LogP contribution >= 0.6 is 23.2 Å². The predicted molar refractivity (Wildman–Crippen MR) is 127 cm³/mol. The molecule has 0 aliphatic heterocycles. The van der Waals surface area contributed by atoms with Crippen molar-refractivity contribution in [3.63, 3.8) is 0 Å². The number of methoxy groups -OCH3 is 1. The molecule has 32 heavy (non-hydrogen) atoms. The third-order valence-corrected chi connectivity index (χ3v) is 5.54. The maximum Gasteiger partial charge on any atom is 0.242 e. The molecule has 0 saturated carbocycles. The number of likely N-dealkylation sites (N-methyl/N-ethyl adjacent to an activating group) is 1. The van der Waals surface area contributed by atoms with Crippen molar-refractivity contribution >= 4 is 35.0 Å². The fourth-order valence-corrected chi connectivity index (χ4v) is 3.74. The third kappa shape index (κ3) is 7.61. The maximum atomic E-state index is 13.1. The Balaban J connectivity index is 2.05. The molecule has 0 spiro atoms. The van der Waals surface area contributed by atoms with Crippen LogP contribution in [0.1, 0.15) is 38.7 Å². The van der Waals surface area contributed by atoms with Crippen LogP contribution < -0.4 is 14.8 Å². The molecule has 0 fully saturated rings. The fraction of sp³-hybridized carbons (Fsp3) is 0.417. The Bertz CT molecular complexity index is 890. The van der Waals surface area contributed by atoms with Crippen LogP contribution in [-0.2, 0) is 16.1 Å². The summed E-state index contributed by atoms with van der Waals surface area (Å²) in [6.07, 6.45) is 1.25. The number of nitrogens with zero attached hydrogens (tertiary/aromatic N) is 1. The van der Waals surface area contributed by atoms with Crippen LogP contribution in [0.25, 0.3) is 0 Å². The van der Waals surface area contributed by atoms with E-state index in [9.17, 15) is 9.59 Å². The van der Waals surface area contributed by atoms with Crippen LogP contribution in [0.4, 0.5) is 0 Å². The van der Waals surface area contributed by atoms with E-state index in [-0.39, 0.29) is 24.8 Å². The average Bonchev–Trinajstić information content (AvgIpc) is 2.78. The van der Waals surface area contributed by atoms with E-state index in [1.54, 1.807) is 30.2 Å². The number of carbonyl (C=O) groups is 2. The smallest absolute Gasteiger partial charge is 0.242 e. The van der Waals surface area contributed by atoms with E-state index in [0.717, 1.165) is 11.3 Å². The van der Waals surface area contributed by atoms with Gasteiger partial charge >= 0.3 is 0 Å². The van der Waals surface area contributed by atoms with Gasteiger partial charge in [0.25, 0.3) is 0 Å². The molecule has 2 rings (SSSR count). The van der Waals surface area contributed by atoms with Gasteiger partial charge < -0.3 is 19.7 Å². The Kier molecular flexibility index (Phi) is 10.6. The molecule has 1 unspecified atom stereocenters. The van der Waals surface area contributed by atoms with E-state index in [1.165, 1.54) is 0 Å². The van der Waals surface area contributed by atoms with Gasteiger partial charge in [-0.2, -0.15) is 0 Å². The van der Waals surface area contributed by atoms with Crippen molar-refractivity contribution in [2.45, 2.75) is 45.7 Å². The van der Waals surface area contributed by atoms with Crippen molar-refractivity contribution in [3.05, 3.63) is 58.1 Å². The highest BCUT2D eigenvalue weighted by molar-refractivity contribution is 6.35. The van der Waals surface area contributed by atoms with Gasteiger partial charge in [0.15, 0.2) is 0 Å². The lowest BCUT2D eigenvalue weighted by atomic mass is 10.1. The number of halogens is 2.